The normalized spacial score (nSPS) is 10.8. The van der Waals surface area contributed by atoms with E-state index in [4.69, 9.17) is 4.74 Å². The van der Waals surface area contributed by atoms with Crippen molar-refractivity contribution < 1.29 is 9.13 Å². The van der Waals surface area contributed by atoms with Gasteiger partial charge in [-0.3, -0.25) is 0 Å². The van der Waals surface area contributed by atoms with Crippen LogP contribution in [0.1, 0.15) is 11.4 Å². The third kappa shape index (κ3) is 2.40. The smallest absolute Gasteiger partial charge is 0.215 e. The Balaban J connectivity index is 1.93. The van der Waals surface area contributed by atoms with Gasteiger partial charge in [0, 0.05) is 12.5 Å². The lowest BCUT2D eigenvalue weighted by Gasteiger charge is -1.97. The molecule has 0 radical (unpaired) electrons. The molecule has 5 heteroatoms. The third-order valence-corrected chi connectivity index (χ3v) is 2.84. The van der Waals surface area contributed by atoms with E-state index in [1.54, 1.807) is 19.2 Å². The van der Waals surface area contributed by atoms with Crippen LogP contribution in [0.25, 0.3) is 11.2 Å². The number of aromatic nitrogens is 3. The van der Waals surface area contributed by atoms with E-state index in [1.165, 1.54) is 12.1 Å². The molecule has 0 aliphatic rings. The molecule has 0 unspecified atom stereocenters. The maximum Gasteiger partial charge on any atom is 0.215 e. The molecule has 0 aliphatic heterocycles. The zero-order chi connectivity index (χ0) is 13.2. The number of pyridine rings is 1. The Morgan fingerprint density at radius 1 is 1.21 bits per heavy atom. The van der Waals surface area contributed by atoms with Gasteiger partial charge in [-0.25, -0.2) is 9.37 Å². The van der Waals surface area contributed by atoms with E-state index in [2.05, 4.69) is 15.0 Å². The number of ether oxygens (including phenoxy) is 1. The molecule has 3 rings (SSSR count). The Hall–Kier alpha value is -2.43. The van der Waals surface area contributed by atoms with Crippen LogP contribution in [-0.4, -0.2) is 22.1 Å². The highest BCUT2D eigenvalue weighted by Gasteiger charge is 2.06. The predicted molar refractivity (Wildman–Crippen MR) is 69.6 cm³/mol. The van der Waals surface area contributed by atoms with Crippen molar-refractivity contribution in [3.8, 4) is 5.88 Å². The Morgan fingerprint density at radius 2 is 2.11 bits per heavy atom. The van der Waals surface area contributed by atoms with E-state index in [0.29, 0.717) is 17.9 Å². The van der Waals surface area contributed by atoms with Gasteiger partial charge in [0.15, 0.2) is 5.65 Å². The maximum atomic E-state index is 13.1. The summed E-state index contributed by atoms with van der Waals surface area (Å²) in [4.78, 5) is 11.8. The van der Waals surface area contributed by atoms with Gasteiger partial charge in [0.1, 0.15) is 11.6 Å². The van der Waals surface area contributed by atoms with Crippen LogP contribution in [0.3, 0.4) is 0 Å². The summed E-state index contributed by atoms with van der Waals surface area (Å²) in [6.07, 6.45) is 0.538. The molecule has 0 amide bonds. The summed E-state index contributed by atoms with van der Waals surface area (Å²) in [6, 6.07) is 10.1. The number of rotatable bonds is 3. The maximum absolute atomic E-state index is 13.1. The molecule has 0 fully saturated rings. The number of imidazole rings is 1. The minimum Gasteiger partial charge on any atom is -0.481 e. The van der Waals surface area contributed by atoms with Gasteiger partial charge in [-0.1, -0.05) is 12.1 Å². The van der Waals surface area contributed by atoms with Crippen LogP contribution in [0.4, 0.5) is 4.39 Å². The zero-order valence-electron chi connectivity index (χ0n) is 10.4. The molecule has 19 heavy (non-hydrogen) atoms. The second kappa shape index (κ2) is 4.68. The fourth-order valence-electron chi connectivity index (χ4n) is 1.96. The summed E-state index contributed by atoms with van der Waals surface area (Å²) in [5.74, 6) is 1.03. The van der Waals surface area contributed by atoms with Crippen LogP contribution in [0.5, 0.6) is 5.88 Å². The highest BCUT2D eigenvalue weighted by molar-refractivity contribution is 5.71. The molecule has 96 valence electrons. The van der Waals surface area contributed by atoms with Crippen molar-refractivity contribution in [2.24, 2.45) is 0 Å². The lowest BCUT2D eigenvalue weighted by atomic mass is 10.1. The van der Waals surface area contributed by atoms with Gasteiger partial charge in [-0.05, 0) is 23.8 Å². The average molecular weight is 257 g/mol. The molecule has 0 aliphatic carbocycles. The number of fused-ring (bicyclic) bond motifs is 1. The molecule has 1 N–H and O–H groups in total. The molecule has 0 saturated carbocycles. The van der Waals surface area contributed by atoms with Crippen LogP contribution in [-0.2, 0) is 6.42 Å². The third-order valence-electron chi connectivity index (χ3n) is 2.84. The summed E-state index contributed by atoms with van der Waals surface area (Å²) < 4.78 is 18.2. The summed E-state index contributed by atoms with van der Waals surface area (Å²) in [6.45, 7) is 0. The number of hydrogen-bond donors (Lipinski definition) is 1. The van der Waals surface area contributed by atoms with Crippen molar-refractivity contribution in [2.75, 3.05) is 7.11 Å². The van der Waals surface area contributed by atoms with Gasteiger partial charge in [-0.2, -0.15) is 4.98 Å². The Labute approximate surface area is 109 Å². The molecular weight excluding hydrogens is 245 g/mol. The fourth-order valence-corrected chi connectivity index (χ4v) is 1.96. The minimum atomic E-state index is -0.242. The number of halogens is 1. The lowest BCUT2D eigenvalue weighted by Crippen LogP contribution is -1.91. The lowest BCUT2D eigenvalue weighted by molar-refractivity contribution is 0.399. The molecule has 2 aromatic heterocycles. The molecule has 2 heterocycles. The molecule has 0 saturated heterocycles. The van der Waals surface area contributed by atoms with Gasteiger partial charge in [0.25, 0.3) is 0 Å². The SMILES string of the molecule is COc1ccc2[nH]c(Cc3cccc(F)c3)nc2n1. The van der Waals surface area contributed by atoms with Crippen molar-refractivity contribution in [3.05, 3.63) is 53.6 Å². The molecule has 1 aromatic carbocycles. The molecule has 3 aromatic rings. The first-order valence-electron chi connectivity index (χ1n) is 5.88. The number of nitrogens with one attached hydrogen (secondary N) is 1. The van der Waals surface area contributed by atoms with E-state index < -0.39 is 0 Å². The Kier molecular flexibility index (Phi) is 2.87. The average Bonchev–Trinajstić information content (AvgIpc) is 2.79. The van der Waals surface area contributed by atoms with Crippen LogP contribution in [0.15, 0.2) is 36.4 Å². The van der Waals surface area contributed by atoms with Crippen LogP contribution < -0.4 is 4.74 Å². The minimum absolute atomic E-state index is 0.242. The van der Waals surface area contributed by atoms with E-state index in [-0.39, 0.29) is 5.82 Å². The van der Waals surface area contributed by atoms with Crippen LogP contribution in [0, 0.1) is 5.82 Å². The van der Waals surface area contributed by atoms with Gasteiger partial charge in [0.2, 0.25) is 5.88 Å². The first-order valence-corrected chi connectivity index (χ1v) is 5.88. The summed E-state index contributed by atoms with van der Waals surface area (Å²) >= 11 is 0. The van der Waals surface area contributed by atoms with E-state index in [0.717, 1.165) is 16.9 Å². The number of H-pyrrole nitrogens is 1. The number of benzene rings is 1. The van der Waals surface area contributed by atoms with E-state index in [1.807, 2.05) is 12.1 Å². The monoisotopic (exact) mass is 257 g/mol. The largest absolute Gasteiger partial charge is 0.481 e. The van der Waals surface area contributed by atoms with Crippen molar-refractivity contribution in [1.29, 1.82) is 0 Å². The van der Waals surface area contributed by atoms with Crippen molar-refractivity contribution in [3.63, 3.8) is 0 Å². The number of hydrogen-bond acceptors (Lipinski definition) is 3. The first kappa shape index (κ1) is 11.6. The number of methoxy groups -OCH3 is 1. The highest BCUT2D eigenvalue weighted by atomic mass is 19.1. The molecular formula is C14H12FN3O. The van der Waals surface area contributed by atoms with Gasteiger partial charge >= 0.3 is 0 Å². The Morgan fingerprint density at radius 3 is 2.89 bits per heavy atom. The second-order valence-corrected chi connectivity index (χ2v) is 4.21. The molecule has 0 spiro atoms. The van der Waals surface area contributed by atoms with Gasteiger partial charge < -0.3 is 9.72 Å². The fraction of sp³-hybridized carbons (Fsp3) is 0.143. The quantitative estimate of drug-likeness (QED) is 0.784. The predicted octanol–water partition coefficient (Wildman–Crippen LogP) is 2.70. The van der Waals surface area contributed by atoms with E-state index >= 15 is 0 Å². The first-order chi connectivity index (χ1) is 9.24. The van der Waals surface area contributed by atoms with Gasteiger partial charge in [-0.15, -0.1) is 0 Å². The van der Waals surface area contributed by atoms with Crippen molar-refractivity contribution >= 4 is 11.2 Å². The zero-order valence-corrected chi connectivity index (χ0v) is 10.4. The number of aromatic amines is 1. The summed E-state index contributed by atoms with van der Waals surface area (Å²) in [7, 11) is 1.56. The topological polar surface area (TPSA) is 50.8 Å². The standard InChI is InChI=1S/C14H12FN3O/c1-19-13-6-5-11-14(18-13)17-12(16-11)8-9-3-2-4-10(15)7-9/h2-7H,8H2,1H3,(H,16,17,18). The van der Waals surface area contributed by atoms with Crippen LogP contribution in [0.2, 0.25) is 0 Å². The summed E-state index contributed by atoms with van der Waals surface area (Å²) in [5, 5.41) is 0. The van der Waals surface area contributed by atoms with Crippen molar-refractivity contribution in [1.82, 2.24) is 15.0 Å². The highest BCUT2D eigenvalue weighted by Crippen LogP contribution is 2.16. The molecule has 0 atom stereocenters. The second-order valence-electron chi connectivity index (χ2n) is 4.21. The number of nitrogens with zero attached hydrogens (tertiary/aromatic N) is 2. The van der Waals surface area contributed by atoms with E-state index in [9.17, 15) is 4.39 Å². The summed E-state index contributed by atoms with van der Waals surface area (Å²) in [5.41, 5.74) is 2.31. The Bertz CT molecular complexity index is 724. The molecule has 0 bridgehead atoms. The van der Waals surface area contributed by atoms with Crippen molar-refractivity contribution in [2.45, 2.75) is 6.42 Å². The van der Waals surface area contributed by atoms with Crippen LogP contribution >= 0.6 is 0 Å². The van der Waals surface area contributed by atoms with Gasteiger partial charge in [0.05, 0.1) is 12.6 Å². The molecule has 4 nitrogen and oxygen atoms in total.